The molecule has 1 aromatic rings. The van der Waals surface area contributed by atoms with Crippen LogP contribution in [-0.2, 0) is 6.42 Å². The number of nitro groups is 1. The monoisotopic (exact) mass is 248 g/mol. The molecule has 1 heterocycles. The highest BCUT2D eigenvalue weighted by Gasteiger charge is 2.28. The molecule has 0 amide bonds. The average molecular weight is 248 g/mol. The second-order valence-electron chi connectivity index (χ2n) is 3.94. The molecule has 0 spiro atoms. The lowest BCUT2D eigenvalue weighted by atomic mass is 10.1. The summed E-state index contributed by atoms with van der Waals surface area (Å²) in [5, 5.41) is 19.7. The molecule has 6 heteroatoms. The molecular weight excluding hydrogens is 236 g/mol. The van der Waals surface area contributed by atoms with Crippen molar-refractivity contribution >= 4 is 5.69 Å². The van der Waals surface area contributed by atoms with E-state index in [4.69, 9.17) is 14.7 Å². The van der Waals surface area contributed by atoms with Crippen molar-refractivity contribution in [1.29, 1.82) is 5.26 Å². The van der Waals surface area contributed by atoms with Gasteiger partial charge in [0.05, 0.1) is 23.0 Å². The molecule has 1 aliphatic heterocycles. The van der Waals surface area contributed by atoms with Gasteiger partial charge in [-0.25, -0.2) is 0 Å². The normalized spacial score (nSPS) is 17.0. The molecule has 6 nitrogen and oxygen atoms in total. The van der Waals surface area contributed by atoms with E-state index in [1.165, 1.54) is 12.1 Å². The van der Waals surface area contributed by atoms with Crippen LogP contribution in [0.3, 0.4) is 0 Å². The summed E-state index contributed by atoms with van der Waals surface area (Å²) < 4.78 is 11.2. The SMILES string of the molecule is CCC1COc2ccc([N+](=O)[O-])c(CC#N)c2O1. The zero-order valence-corrected chi connectivity index (χ0v) is 9.88. The largest absolute Gasteiger partial charge is 0.486 e. The lowest BCUT2D eigenvalue weighted by molar-refractivity contribution is -0.385. The van der Waals surface area contributed by atoms with E-state index in [1.54, 1.807) is 0 Å². The summed E-state index contributed by atoms with van der Waals surface area (Å²) >= 11 is 0. The Labute approximate surface area is 104 Å². The molecule has 0 saturated heterocycles. The summed E-state index contributed by atoms with van der Waals surface area (Å²) in [7, 11) is 0. The maximum absolute atomic E-state index is 10.9. The predicted molar refractivity (Wildman–Crippen MR) is 62.6 cm³/mol. The Balaban J connectivity index is 2.51. The van der Waals surface area contributed by atoms with Crippen molar-refractivity contribution in [2.75, 3.05) is 6.61 Å². The topological polar surface area (TPSA) is 85.4 Å². The van der Waals surface area contributed by atoms with Gasteiger partial charge in [0, 0.05) is 6.07 Å². The van der Waals surface area contributed by atoms with E-state index in [0.29, 0.717) is 18.1 Å². The lowest BCUT2D eigenvalue weighted by Crippen LogP contribution is -2.29. The molecule has 1 atom stereocenters. The van der Waals surface area contributed by atoms with Crippen LogP contribution >= 0.6 is 0 Å². The van der Waals surface area contributed by atoms with E-state index in [9.17, 15) is 10.1 Å². The minimum Gasteiger partial charge on any atom is -0.486 e. The van der Waals surface area contributed by atoms with Crippen LogP contribution in [0.15, 0.2) is 12.1 Å². The zero-order chi connectivity index (χ0) is 13.1. The van der Waals surface area contributed by atoms with E-state index in [-0.39, 0.29) is 23.8 Å². The third-order valence-electron chi connectivity index (χ3n) is 2.82. The van der Waals surface area contributed by atoms with Crippen LogP contribution in [-0.4, -0.2) is 17.6 Å². The second-order valence-corrected chi connectivity index (χ2v) is 3.94. The number of nitrogens with zero attached hydrogens (tertiary/aromatic N) is 2. The number of hydrogen-bond acceptors (Lipinski definition) is 5. The third kappa shape index (κ3) is 2.07. The van der Waals surface area contributed by atoms with Crippen molar-refractivity contribution in [2.24, 2.45) is 0 Å². The summed E-state index contributed by atoms with van der Waals surface area (Å²) in [4.78, 5) is 10.4. The molecule has 0 radical (unpaired) electrons. The average Bonchev–Trinajstić information content (AvgIpc) is 2.38. The van der Waals surface area contributed by atoms with Crippen LogP contribution in [0.1, 0.15) is 18.9 Å². The van der Waals surface area contributed by atoms with Crippen LogP contribution in [0.4, 0.5) is 5.69 Å². The molecule has 0 aliphatic carbocycles. The number of nitro benzene ring substituents is 1. The summed E-state index contributed by atoms with van der Waals surface area (Å²) in [5.74, 6) is 0.805. The van der Waals surface area contributed by atoms with Crippen molar-refractivity contribution in [3.05, 3.63) is 27.8 Å². The number of nitriles is 1. The van der Waals surface area contributed by atoms with Crippen molar-refractivity contribution in [3.8, 4) is 17.6 Å². The predicted octanol–water partition coefficient (Wildman–Crippen LogP) is 2.21. The first-order valence-corrected chi connectivity index (χ1v) is 5.64. The highest BCUT2D eigenvalue weighted by Crippen LogP contribution is 2.40. The third-order valence-corrected chi connectivity index (χ3v) is 2.82. The van der Waals surface area contributed by atoms with E-state index in [1.807, 2.05) is 13.0 Å². The van der Waals surface area contributed by atoms with E-state index in [2.05, 4.69) is 0 Å². The number of rotatable bonds is 3. The second kappa shape index (κ2) is 4.92. The molecule has 0 N–H and O–H groups in total. The smallest absolute Gasteiger partial charge is 0.277 e. The van der Waals surface area contributed by atoms with Crippen LogP contribution in [0.2, 0.25) is 0 Å². The number of fused-ring (bicyclic) bond motifs is 1. The Hall–Kier alpha value is -2.29. The molecule has 94 valence electrons. The summed E-state index contributed by atoms with van der Waals surface area (Å²) in [5.41, 5.74) is 0.189. The van der Waals surface area contributed by atoms with Crippen LogP contribution < -0.4 is 9.47 Å². The molecule has 1 aliphatic rings. The molecule has 0 bridgehead atoms. The lowest BCUT2D eigenvalue weighted by Gasteiger charge is -2.26. The Morgan fingerprint density at radius 3 is 3.00 bits per heavy atom. The van der Waals surface area contributed by atoms with Crippen molar-refractivity contribution < 1.29 is 14.4 Å². The first kappa shape index (κ1) is 12.2. The molecule has 0 aromatic heterocycles. The van der Waals surface area contributed by atoms with Gasteiger partial charge in [-0.2, -0.15) is 5.26 Å². The van der Waals surface area contributed by atoms with Gasteiger partial charge < -0.3 is 9.47 Å². The van der Waals surface area contributed by atoms with Gasteiger partial charge in [-0.3, -0.25) is 10.1 Å². The van der Waals surface area contributed by atoms with E-state index in [0.717, 1.165) is 6.42 Å². The van der Waals surface area contributed by atoms with Crippen molar-refractivity contribution in [2.45, 2.75) is 25.9 Å². The van der Waals surface area contributed by atoms with E-state index >= 15 is 0 Å². The summed E-state index contributed by atoms with van der Waals surface area (Å²) in [6.07, 6.45) is 0.546. The Morgan fingerprint density at radius 1 is 1.61 bits per heavy atom. The Kier molecular flexibility index (Phi) is 3.33. The summed E-state index contributed by atoms with van der Waals surface area (Å²) in [6, 6.07) is 4.78. The zero-order valence-electron chi connectivity index (χ0n) is 9.88. The minimum absolute atomic E-state index is 0.0702. The fourth-order valence-corrected chi connectivity index (χ4v) is 1.84. The van der Waals surface area contributed by atoms with Gasteiger partial charge in [-0.05, 0) is 12.5 Å². The van der Waals surface area contributed by atoms with Gasteiger partial charge in [0.1, 0.15) is 12.7 Å². The minimum atomic E-state index is -0.508. The van der Waals surface area contributed by atoms with Gasteiger partial charge >= 0.3 is 0 Å². The van der Waals surface area contributed by atoms with Crippen LogP contribution in [0, 0.1) is 21.4 Å². The molecule has 1 aromatic carbocycles. The van der Waals surface area contributed by atoms with Gasteiger partial charge in [0.15, 0.2) is 11.5 Å². The molecule has 0 saturated carbocycles. The number of ether oxygens (including phenoxy) is 2. The van der Waals surface area contributed by atoms with Gasteiger partial charge in [0.2, 0.25) is 0 Å². The maximum atomic E-state index is 10.9. The van der Waals surface area contributed by atoms with Gasteiger partial charge in [0.25, 0.3) is 5.69 Å². The highest BCUT2D eigenvalue weighted by molar-refractivity contribution is 5.58. The fraction of sp³-hybridized carbons (Fsp3) is 0.417. The van der Waals surface area contributed by atoms with E-state index < -0.39 is 4.92 Å². The molecular formula is C12H12N2O4. The number of hydrogen-bond donors (Lipinski definition) is 0. The van der Waals surface area contributed by atoms with Crippen LogP contribution in [0.5, 0.6) is 11.5 Å². The Morgan fingerprint density at radius 2 is 2.39 bits per heavy atom. The Bertz CT molecular complexity index is 522. The first-order valence-electron chi connectivity index (χ1n) is 5.64. The highest BCUT2D eigenvalue weighted by atomic mass is 16.6. The molecule has 0 fully saturated rings. The van der Waals surface area contributed by atoms with Gasteiger partial charge in [-0.1, -0.05) is 6.92 Å². The summed E-state index contributed by atoms with van der Waals surface area (Å²) in [6.45, 7) is 2.37. The molecule has 2 rings (SSSR count). The molecule has 18 heavy (non-hydrogen) atoms. The van der Waals surface area contributed by atoms with Gasteiger partial charge in [-0.15, -0.1) is 0 Å². The van der Waals surface area contributed by atoms with Crippen molar-refractivity contribution in [1.82, 2.24) is 0 Å². The fourth-order valence-electron chi connectivity index (χ4n) is 1.84. The maximum Gasteiger partial charge on any atom is 0.277 e. The van der Waals surface area contributed by atoms with Crippen LogP contribution in [0.25, 0.3) is 0 Å². The molecule has 1 unspecified atom stereocenters. The quantitative estimate of drug-likeness (QED) is 0.604. The number of benzene rings is 1. The first-order chi connectivity index (χ1) is 8.67. The van der Waals surface area contributed by atoms with Crippen molar-refractivity contribution in [3.63, 3.8) is 0 Å². The standard InChI is InChI=1S/C12H12N2O4/c1-2-8-7-17-11-4-3-10(14(15)16)9(5-6-13)12(11)18-8/h3-4,8H,2,5,7H2,1H3.